The van der Waals surface area contributed by atoms with Crippen molar-refractivity contribution in [1.82, 2.24) is 29.1 Å². The van der Waals surface area contributed by atoms with Crippen LogP contribution in [-0.4, -0.2) is 29.1 Å². The van der Waals surface area contributed by atoms with Gasteiger partial charge in [-0.25, -0.2) is 4.98 Å². The minimum absolute atomic E-state index is 0.539. The van der Waals surface area contributed by atoms with E-state index in [4.69, 9.17) is 24.4 Å². The van der Waals surface area contributed by atoms with E-state index in [1.165, 1.54) is 5.39 Å². The summed E-state index contributed by atoms with van der Waals surface area (Å²) in [4.78, 5) is 20.6. The van der Waals surface area contributed by atoms with Crippen molar-refractivity contribution in [3.8, 4) is 34.7 Å². The number of nitrogens with zero attached hydrogens (tertiary/aromatic N) is 6. The molecule has 1 aliphatic rings. The molecule has 0 aliphatic heterocycles. The number of oxazole rings is 1. The van der Waals surface area contributed by atoms with Crippen LogP contribution in [0.1, 0.15) is 17.9 Å². The Morgan fingerprint density at radius 2 is 1.16 bits per heavy atom. The maximum atomic E-state index is 6.57. The molecule has 10 aromatic rings. The highest BCUT2D eigenvalue weighted by molar-refractivity contribution is 6.23. The van der Waals surface area contributed by atoms with Gasteiger partial charge in [0.1, 0.15) is 11.5 Å². The number of benzene rings is 6. The van der Waals surface area contributed by atoms with E-state index in [2.05, 4.69) is 124 Å². The molecule has 4 heterocycles. The van der Waals surface area contributed by atoms with E-state index in [9.17, 15) is 0 Å². The lowest BCUT2D eigenvalue weighted by molar-refractivity contribution is 0.487. The number of aromatic nitrogens is 6. The maximum absolute atomic E-state index is 6.57. The van der Waals surface area contributed by atoms with Crippen LogP contribution in [0.3, 0.4) is 0 Å². The largest absolute Gasteiger partial charge is 0.427 e. The first-order chi connectivity index (χ1) is 25.3. The van der Waals surface area contributed by atoms with Crippen LogP contribution in [0.5, 0.6) is 0 Å². The molecule has 7 nitrogen and oxygen atoms in total. The molecule has 0 N–H and O–H groups in total. The molecule has 0 atom stereocenters. The van der Waals surface area contributed by atoms with Crippen molar-refractivity contribution in [2.24, 2.45) is 0 Å². The van der Waals surface area contributed by atoms with Crippen molar-refractivity contribution in [3.05, 3.63) is 151 Å². The quantitative estimate of drug-likeness (QED) is 0.188. The molecule has 7 heteroatoms. The van der Waals surface area contributed by atoms with E-state index in [-0.39, 0.29) is 0 Å². The molecule has 6 aromatic carbocycles. The number of aryl methyl sites for hydroxylation is 1. The fraction of sp³-hybridized carbons (Fsp3) is 0.0455. The summed E-state index contributed by atoms with van der Waals surface area (Å²) < 4.78 is 11.0. The summed E-state index contributed by atoms with van der Waals surface area (Å²) in [5.41, 5.74) is 6.72. The molecule has 240 valence electrons. The van der Waals surface area contributed by atoms with Crippen LogP contribution in [0.25, 0.3) is 95.2 Å². The second-order valence-corrected chi connectivity index (χ2v) is 13.0. The standard InChI is InChI=1S/C44H28N6O/c1-2-13-28(14-3-1)41-46-42(30-23-22-27-12-4-5-15-29(27)26-30)48-43(47-41)49-36-19-9-6-16-31(36)33-24-25-34-32-17-7-10-20-37(32)50(40(34)39(33)49)44-45-35-18-8-11-21-38(35)51-44/h1-10,12-20,22-26H,11,21H2. The zero-order valence-electron chi connectivity index (χ0n) is 27.4. The van der Waals surface area contributed by atoms with E-state index in [0.717, 1.165) is 84.4 Å². The Balaban J connectivity index is 1.28. The minimum atomic E-state index is 0.539. The Bertz CT molecular complexity index is 3040. The lowest BCUT2D eigenvalue weighted by Gasteiger charge is -2.12. The topological polar surface area (TPSA) is 74.6 Å². The summed E-state index contributed by atoms with van der Waals surface area (Å²) in [7, 11) is 0. The van der Waals surface area contributed by atoms with Gasteiger partial charge in [0, 0.05) is 39.1 Å². The third kappa shape index (κ3) is 4.25. The Labute approximate surface area is 291 Å². The van der Waals surface area contributed by atoms with Gasteiger partial charge in [-0.2, -0.15) is 15.0 Å². The number of fused-ring (bicyclic) bond motifs is 9. The predicted octanol–water partition coefficient (Wildman–Crippen LogP) is 10.5. The SMILES string of the molecule is C1=Cc2nc(-n3c4ccccc4c4ccc5c6ccccc6n(-c6nc(-c7ccccc7)nc(-c7ccc8ccccc8c7)n6)c5c43)oc2CC1. The second-order valence-electron chi connectivity index (χ2n) is 13.0. The van der Waals surface area contributed by atoms with Gasteiger partial charge in [0.2, 0.25) is 5.95 Å². The van der Waals surface area contributed by atoms with Crippen molar-refractivity contribution in [1.29, 1.82) is 0 Å². The Kier molecular flexibility index (Phi) is 5.95. The average Bonchev–Trinajstić information content (AvgIpc) is 3.88. The van der Waals surface area contributed by atoms with Crippen LogP contribution < -0.4 is 0 Å². The van der Waals surface area contributed by atoms with Crippen molar-refractivity contribution in [2.45, 2.75) is 12.8 Å². The molecule has 0 saturated carbocycles. The van der Waals surface area contributed by atoms with Crippen LogP contribution >= 0.6 is 0 Å². The van der Waals surface area contributed by atoms with E-state index >= 15 is 0 Å². The summed E-state index contributed by atoms with van der Waals surface area (Å²) in [5.74, 6) is 2.67. The molecule has 11 rings (SSSR count). The van der Waals surface area contributed by atoms with Crippen LogP contribution in [0.2, 0.25) is 0 Å². The summed E-state index contributed by atoms with van der Waals surface area (Å²) in [6.07, 6.45) is 6.00. The third-order valence-corrected chi connectivity index (χ3v) is 10.1. The maximum Gasteiger partial charge on any atom is 0.307 e. The third-order valence-electron chi connectivity index (χ3n) is 10.1. The van der Waals surface area contributed by atoms with Crippen LogP contribution in [-0.2, 0) is 6.42 Å². The summed E-state index contributed by atoms with van der Waals surface area (Å²) in [6, 6.07) is 46.8. The summed E-state index contributed by atoms with van der Waals surface area (Å²) >= 11 is 0. The van der Waals surface area contributed by atoms with Gasteiger partial charge in [-0.15, -0.1) is 0 Å². The van der Waals surface area contributed by atoms with Crippen molar-refractivity contribution in [3.63, 3.8) is 0 Å². The van der Waals surface area contributed by atoms with Gasteiger partial charge in [0.15, 0.2) is 11.6 Å². The smallest absolute Gasteiger partial charge is 0.307 e. The molecule has 0 saturated heterocycles. The summed E-state index contributed by atoms with van der Waals surface area (Å²) in [6.45, 7) is 0. The Morgan fingerprint density at radius 3 is 1.92 bits per heavy atom. The zero-order chi connectivity index (χ0) is 33.5. The van der Waals surface area contributed by atoms with Crippen molar-refractivity contribution < 1.29 is 4.42 Å². The lowest BCUT2D eigenvalue weighted by Crippen LogP contribution is -2.07. The Hall–Kier alpha value is -6.86. The molecule has 1 aliphatic carbocycles. The number of hydrogen-bond donors (Lipinski definition) is 0. The second kappa shape index (κ2) is 10.8. The normalized spacial score (nSPS) is 12.9. The molecule has 4 aromatic heterocycles. The molecule has 0 amide bonds. The van der Waals surface area contributed by atoms with Crippen LogP contribution in [0, 0.1) is 0 Å². The van der Waals surface area contributed by atoms with E-state index in [1.54, 1.807) is 0 Å². The number of allylic oxidation sites excluding steroid dienone is 1. The lowest BCUT2D eigenvalue weighted by atomic mass is 10.1. The van der Waals surface area contributed by atoms with Gasteiger partial charge in [-0.3, -0.25) is 9.13 Å². The van der Waals surface area contributed by atoms with Gasteiger partial charge >= 0.3 is 6.01 Å². The van der Waals surface area contributed by atoms with Crippen LogP contribution in [0.15, 0.2) is 144 Å². The molecule has 51 heavy (non-hydrogen) atoms. The van der Waals surface area contributed by atoms with Gasteiger partial charge in [-0.1, -0.05) is 121 Å². The first-order valence-electron chi connectivity index (χ1n) is 17.2. The highest BCUT2D eigenvalue weighted by atomic mass is 16.4. The van der Waals surface area contributed by atoms with E-state index < -0.39 is 0 Å². The average molecular weight is 657 g/mol. The molecule has 0 spiro atoms. The molecule has 0 fully saturated rings. The predicted molar refractivity (Wildman–Crippen MR) is 204 cm³/mol. The van der Waals surface area contributed by atoms with Gasteiger partial charge in [0.05, 0.1) is 22.1 Å². The minimum Gasteiger partial charge on any atom is -0.427 e. The molecule has 0 bridgehead atoms. The fourth-order valence-corrected chi connectivity index (χ4v) is 7.71. The highest BCUT2D eigenvalue weighted by Gasteiger charge is 2.25. The van der Waals surface area contributed by atoms with E-state index in [1.807, 2.05) is 30.3 Å². The van der Waals surface area contributed by atoms with Crippen molar-refractivity contribution >= 4 is 60.5 Å². The number of hydrogen-bond acceptors (Lipinski definition) is 5. The molecule has 0 unspecified atom stereocenters. The van der Waals surface area contributed by atoms with Gasteiger partial charge < -0.3 is 4.42 Å². The summed E-state index contributed by atoms with van der Waals surface area (Å²) in [5, 5.41) is 6.71. The molecule has 0 radical (unpaired) electrons. The van der Waals surface area contributed by atoms with Crippen LogP contribution in [0.4, 0.5) is 0 Å². The number of para-hydroxylation sites is 2. The highest BCUT2D eigenvalue weighted by Crippen LogP contribution is 2.42. The van der Waals surface area contributed by atoms with Gasteiger partial charge in [0.25, 0.3) is 0 Å². The Morgan fingerprint density at radius 1 is 0.510 bits per heavy atom. The monoisotopic (exact) mass is 656 g/mol. The van der Waals surface area contributed by atoms with Gasteiger partial charge in [-0.05, 0) is 41.5 Å². The first kappa shape index (κ1) is 28.0. The van der Waals surface area contributed by atoms with E-state index in [0.29, 0.717) is 23.6 Å². The number of rotatable bonds is 4. The fourth-order valence-electron chi connectivity index (χ4n) is 7.71. The molecular weight excluding hydrogens is 629 g/mol. The zero-order valence-corrected chi connectivity index (χ0v) is 27.4. The molecular formula is C44H28N6O. The first-order valence-corrected chi connectivity index (χ1v) is 17.2. The van der Waals surface area contributed by atoms with Crippen molar-refractivity contribution in [2.75, 3.05) is 0 Å².